The maximum absolute atomic E-state index is 6.02. The van der Waals surface area contributed by atoms with Gasteiger partial charge in [-0.05, 0) is 12.3 Å². The standard InChI is InChI=1S/C15H29BO5/c1-7-19-8-10-12(18-6)13(14(16)21-10)20-9-11(17-5)15(2,3)4/h10-14H,7-9H2,1-6H3/t10-,11+,12?,13?,14-/m1/s1. The molecule has 6 heteroatoms. The first-order valence-corrected chi connectivity index (χ1v) is 7.51. The lowest BCUT2D eigenvalue weighted by atomic mass is 9.89. The van der Waals surface area contributed by atoms with E-state index in [0.717, 1.165) is 0 Å². The van der Waals surface area contributed by atoms with Crippen LogP contribution in [-0.2, 0) is 23.7 Å². The van der Waals surface area contributed by atoms with Crippen LogP contribution in [0, 0.1) is 5.41 Å². The van der Waals surface area contributed by atoms with E-state index in [4.69, 9.17) is 31.5 Å². The minimum absolute atomic E-state index is 0.00834. The summed E-state index contributed by atoms with van der Waals surface area (Å²) in [7, 11) is 9.35. The summed E-state index contributed by atoms with van der Waals surface area (Å²) in [5.74, 6) is 0. The van der Waals surface area contributed by atoms with Gasteiger partial charge in [0.2, 0.25) is 0 Å². The molecule has 1 rings (SSSR count). The highest BCUT2D eigenvalue weighted by Crippen LogP contribution is 2.27. The summed E-state index contributed by atoms with van der Waals surface area (Å²) >= 11 is 0. The van der Waals surface area contributed by atoms with Crippen LogP contribution in [0.5, 0.6) is 0 Å². The summed E-state index contributed by atoms with van der Waals surface area (Å²) in [6.07, 6.45) is -0.775. The van der Waals surface area contributed by atoms with Crippen molar-refractivity contribution in [2.24, 2.45) is 5.41 Å². The van der Waals surface area contributed by atoms with Gasteiger partial charge in [-0.1, -0.05) is 20.8 Å². The van der Waals surface area contributed by atoms with Crippen molar-refractivity contribution in [2.75, 3.05) is 34.0 Å². The van der Waals surface area contributed by atoms with E-state index in [1.807, 2.05) is 6.92 Å². The molecular formula is C15H29BO5. The van der Waals surface area contributed by atoms with Crippen LogP contribution in [0.3, 0.4) is 0 Å². The van der Waals surface area contributed by atoms with E-state index >= 15 is 0 Å². The van der Waals surface area contributed by atoms with E-state index in [-0.39, 0.29) is 29.8 Å². The zero-order valence-corrected chi connectivity index (χ0v) is 14.1. The quantitative estimate of drug-likeness (QED) is 0.634. The van der Waals surface area contributed by atoms with Gasteiger partial charge in [-0.2, -0.15) is 0 Å². The van der Waals surface area contributed by atoms with Crippen LogP contribution in [0.4, 0.5) is 0 Å². The average molecular weight is 300 g/mol. The Labute approximate surface area is 130 Å². The van der Waals surface area contributed by atoms with Crippen molar-refractivity contribution < 1.29 is 23.7 Å². The van der Waals surface area contributed by atoms with Gasteiger partial charge in [-0.15, -0.1) is 0 Å². The number of methoxy groups -OCH3 is 2. The van der Waals surface area contributed by atoms with Gasteiger partial charge in [-0.25, -0.2) is 0 Å². The normalized spacial score (nSPS) is 31.5. The Morgan fingerprint density at radius 2 is 1.86 bits per heavy atom. The zero-order valence-electron chi connectivity index (χ0n) is 14.1. The van der Waals surface area contributed by atoms with E-state index in [0.29, 0.717) is 19.8 Å². The first-order chi connectivity index (χ1) is 9.85. The summed E-state index contributed by atoms with van der Waals surface area (Å²) in [5, 5.41) is 0. The second kappa shape index (κ2) is 8.49. The van der Waals surface area contributed by atoms with E-state index in [1.165, 1.54) is 0 Å². The second-order valence-electron chi connectivity index (χ2n) is 6.39. The molecule has 0 aromatic rings. The monoisotopic (exact) mass is 300 g/mol. The molecule has 0 aromatic carbocycles. The Balaban J connectivity index is 2.60. The van der Waals surface area contributed by atoms with E-state index in [2.05, 4.69) is 20.8 Å². The molecule has 5 atom stereocenters. The van der Waals surface area contributed by atoms with Crippen molar-refractivity contribution in [2.45, 2.75) is 58.1 Å². The third-order valence-electron chi connectivity index (χ3n) is 3.79. The summed E-state index contributed by atoms with van der Waals surface area (Å²) < 4.78 is 28.1. The van der Waals surface area contributed by atoms with Crippen LogP contribution < -0.4 is 0 Å². The van der Waals surface area contributed by atoms with Crippen LogP contribution in [0.15, 0.2) is 0 Å². The summed E-state index contributed by atoms with van der Waals surface area (Å²) in [5.41, 5.74) is -0.00834. The fourth-order valence-electron chi connectivity index (χ4n) is 2.47. The Hall–Kier alpha value is -0.135. The molecule has 5 nitrogen and oxygen atoms in total. The van der Waals surface area contributed by atoms with Crippen LogP contribution >= 0.6 is 0 Å². The van der Waals surface area contributed by atoms with Crippen LogP contribution in [0.1, 0.15) is 27.7 Å². The molecule has 1 heterocycles. The average Bonchev–Trinajstić information content (AvgIpc) is 2.71. The molecule has 0 spiro atoms. The topological polar surface area (TPSA) is 46.2 Å². The van der Waals surface area contributed by atoms with Gasteiger partial charge < -0.3 is 23.7 Å². The molecular weight excluding hydrogens is 271 g/mol. The Morgan fingerprint density at radius 3 is 2.33 bits per heavy atom. The molecule has 0 aliphatic carbocycles. The molecule has 1 fully saturated rings. The third-order valence-corrected chi connectivity index (χ3v) is 3.79. The molecule has 0 bridgehead atoms. The Kier molecular flexibility index (Phi) is 7.64. The van der Waals surface area contributed by atoms with Crippen molar-refractivity contribution in [1.82, 2.24) is 0 Å². The highest BCUT2D eigenvalue weighted by Gasteiger charge is 2.43. The molecule has 0 amide bonds. The molecule has 2 radical (unpaired) electrons. The molecule has 21 heavy (non-hydrogen) atoms. The molecule has 0 N–H and O–H groups in total. The third kappa shape index (κ3) is 5.22. The van der Waals surface area contributed by atoms with E-state index in [1.54, 1.807) is 14.2 Å². The van der Waals surface area contributed by atoms with Gasteiger partial charge in [-0.3, -0.25) is 0 Å². The van der Waals surface area contributed by atoms with Crippen molar-refractivity contribution in [3.05, 3.63) is 0 Å². The SMILES string of the molecule is [B][C@@H]1O[C@H](COCC)C(OC)C1OC[C@H](OC)C(C)(C)C. The van der Waals surface area contributed by atoms with Gasteiger partial charge in [0.05, 0.1) is 19.3 Å². The number of hydrogen-bond acceptors (Lipinski definition) is 5. The fourth-order valence-corrected chi connectivity index (χ4v) is 2.47. The van der Waals surface area contributed by atoms with Gasteiger partial charge in [0.25, 0.3) is 0 Å². The summed E-state index contributed by atoms with van der Waals surface area (Å²) in [6.45, 7) is 9.81. The van der Waals surface area contributed by atoms with Crippen LogP contribution in [0.25, 0.3) is 0 Å². The number of ether oxygens (including phenoxy) is 5. The van der Waals surface area contributed by atoms with Gasteiger partial charge >= 0.3 is 0 Å². The van der Waals surface area contributed by atoms with Crippen LogP contribution in [-0.4, -0.2) is 72.3 Å². The summed E-state index contributed by atoms with van der Waals surface area (Å²) in [4.78, 5) is 0. The Morgan fingerprint density at radius 1 is 1.19 bits per heavy atom. The van der Waals surface area contributed by atoms with Crippen LogP contribution in [0.2, 0.25) is 0 Å². The van der Waals surface area contributed by atoms with E-state index < -0.39 is 6.00 Å². The second-order valence-corrected chi connectivity index (χ2v) is 6.39. The largest absolute Gasteiger partial charge is 0.379 e. The Bertz CT molecular complexity index is 294. The predicted molar refractivity (Wildman–Crippen MR) is 81.7 cm³/mol. The highest BCUT2D eigenvalue weighted by molar-refractivity contribution is 6.11. The molecule has 0 saturated carbocycles. The van der Waals surface area contributed by atoms with Gasteiger partial charge in [0.1, 0.15) is 26.2 Å². The lowest BCUT2D eigenvalue weighted by Crippen LogP contribution is -2.42. The number of hydrogen-bond donors (Lipinski definition) is 0. The first kappa shape index (κ1) is 18.9. The maximum atomic E-state index is 6.02. The van der Waals surface area contributed by atoms with Crippen molar-refractivity contribution in [3.63, 3.8) is 0 Å². The van der Waals surface area contributed by atoms with Crippen molar-refractivity contribution in [3.8, 4) is 0 Å². The van der Waals surface area contributed by atoms with Gasteiger partial charge in [0.15, 0.2) is 0 Å². The van der Waals surface area contributed by atoms with Crippen molar-refractivity contribution >= 4 is 7.85 Å². The predicted octanol–water partition coefficient (Wildman–Crippen LogP) is 1.38. The molecule has 1 aliphatic rings. The molecule has 1 saturated heterocycles. The van der Waals surface area contributed by atoms with Crippen molar-refractivity contribution in [1.29, 1.82) is 0 Å². The minimum atomic E-state index is -0.516. The fraction of sp³-hybridized carbons (Fsp3) is 1.00. The number of rotatable bonds is 8. The summed E-state index contributed by atoms with van der Waals surface area (Å²) in [6, 6.07) is -0.516. The zero-order chi connectivity index (χ0) is 16.0. The maximum Gasteiger partial charge on any atom is 0.113 e. The first-order valence-electron chi connectivity index (χ1n) is 7.51. The minimum Gasteiger partial charge on any atom is -0.379 e. The lowest BCUT2D eigenvalue weighted by Gasteiger charge is -2.31. The molecule has 1 aliphatic heterocycles. The molecule has 122 valence electrons. The van der Waals surface area contributed by atoms with E-state index in [9.17, 15) is 0 Å². The molecule has 2 unspecified atom stereocenters. The molecule has 0 aromatic heterocycles. The smallest absolute Gasteiger partial charge is 0.113 e. The lowest BCUT2D eigenvalue weighted by molar-refractivity contribution is -0.101. The van der Waals surface area contributed by atoms with Gasteiger partial charge in [0, 0.05) is 26.8 Å². The highest BCUT2D eigenvalue weighted by atomic mass is 16.6.